The summed E-state index contributed by atoms with van der Waals surface area (Å²) in [5.74, 6) is -0.289. The molecule has 3 rings (SSSR count). The van der Waals surface area contributed by atoms with E-state index in [1.807, 2.05) is 30.3 Å². The molecule has 6 nitrogen and oxygen atoms in total. The Morgan fingerprint density at radius 1 is 1.00 bits per heavy atom. The first-order valence-electron chi connectivity index (χ1n) is 7.78. The Labute approximate surface area is 151 Å². The Balaban J connectivity index is 1.75. The lowest BCUT2D eigenvalue weighted by Gasteiger charge is -2.36. The molecule has 0 unspecified atom stereocenters. The van der Waals surface area contributed by atoms with Crippen molar-refractivity contribution < 1.29 is 13.2 Å². The zero-order valence-corrected chi connectivity index (χ0v) is 15.0. The molecule has 0 bridgehead atoms. The zero-order valence-electron chi connectivity index (χ0n) is 13.4. The Morgan fingerprint density at radius 2 is 1.64 bits per heavy atom. The van der Waals surface area contributed by atoms with Gasteiger partial charge in [-0.3, -0.25) is 4.79 Å². The van der Waals surface area contributed by atoms with Gasteiger partial charge < -0.3 is 9.80 Å². The van der Waals surface area contributed by atoms with E-state index < -0.39 is 10.0 Å². The molecule has 0 saturated carbocycles. The molecule has 2 N–H and O–H groups in total. The molecular formula is C17H18ClN3O3S. The second-order valence-corrected chi connectivity index (χ2v) is 7.77. The van der Waals surface area contributed by atoms with Crippen LogP contribution < -0.4 is 10.0 Å². The second-order valence-electron chi connectivity index (χ2n) is 5.80. The van der Waals surface area contributed by atoms with Gasteiger partial charge in [0, 0.05) is 31.9 Å². The fourth-order valence-corrected chi connectivity index (χ4v) is 3.56. The van der Waals surface area contributed by atoms with Gasteiger partial charge in [0.25, 0.3) is 5.91 Å². The van der Waals surface area contributed by atoms with Crippen molar-refractivity contribution in [3.63, 3.8) is 0 Å². The van der Waals surface area contributed by atoms with Gasteiger partial charge in [0.05, 0.1) is 15.5 Å². The van der Waals surface area contributed by atoms with Crippen molar-refractivity contribution >= 4 is 33.2 Å². The summed E-state index contributed by atoms with van der Waals surface area (Å²) in [6, 6.07) is 13.9. The lowest BCUT2D eigenvalue weighted by molar-refractivity contribution is 0.0746. The van der Waals surface area contributed by atoms with E-state index in [9.17, 15) is 13.2 Å². The summed E-state index contributed by atoms with van der Waals surface area (Å²) >= 11 is 6.09. The van der Waals surface area contributed by atoms with Crippen molar-refractivity contribution in [2.45, 2.75) is 4.90 Å². The quantitative estimate of drug-likeness (QED) is 0.883. The molecule has 2 aromatic carbocycles. The van der Waals surface area contributed by atoms with E-state index in [0.717, 1.165) is 5.69 Å². The number of amides is 1. The molecule has 132 valence electrons. The minimum absolute atomic E-state index is 0.122. The Morgan fingerprint density at radius 3 is 2.24 bits per heavy atom. The van der Waals surface area contributed by atoms with Crippen molar-refractivity contribution in [1.29, 1.82) is 0 Å². The van der Waals surface area contributed by atoms with Crippen LogP contribution in [0.1, 0.15) is 10.4 Å². The van der Waals surface area contributed by atoms with Crippen LogP contribution in [-0.2, 0) is 10.0 Å². The van der Waals surface area contributed by atoms with E-state index in [1.165, 1.54) is 18.2 Å². The lowest BCUT2D eigenvalue weighted by atomic mass is 10.1. The maximum Gasteiger partial charge on any atom is 0.255 e. The van der Waals surface area contributed by atoms with Crippen molar-refractivity contribution in [3.8, 4) is 0 Å². The topological polar surface area (TPSA) is 83.7 Å². The average Bonchev–Trinajstić information content (AvgIpc) is 2.61. The molecule has 8 heteroatoms. The summed E-state index contributed by atoms with van der Waals surface area (Å²) in [6.45, 7) is 2.46. The monoisotopic (exact) mass is 379 g/mol. The first kappa shape index (κ1) is 17.7. The number of para-hydroxylation sites is 1. The highest BCUT2D eigenvalue weighted by molar-refractivity contribution is 7.89. The van der Waals surface area contributed by atoms with E-state index in [0.29, 0.717) is 26.2 Å². The molecule has 1 fully saturated rings. The molecule has 0 radical (unpaired) electrons. The first-order valence-corrected chi connectivity index (χ1v) is 9.70. The van der Waals surface area contributed by atoms with Gasteiger partial charge in [-0.2, -0.15) is 0 Å². The lowest BCUT2D eigenvalue weighted by Crippen LogP contribution is -2.48. The van der Waals surface area contributed by atoms with Gasteiger partial charge >= 0.3 is 0 Å². The zero-order chi connectivity index (χ0) is 18.0. The molecule has 0 aliphatic carbocycles. The van der Waals surface area contributed by atoms with E-state index in [1.54, 1.807) is 4.90 Å². The summed E-state index contributed by atoms with van der Waals surface area (Å²) < 4.78 is 23.0. The van der Waals surface area contributed by atoms with Gasteiger partial charge in [-0.25, -0.2) is 13.6 Å². The maximum absolute atomic E-state index is 12.7. The number of hydrogen-bond donors (Lipinski definition) is 1. The number of halogens is 1. The molecule has 0 aromatic heterocycles. The van der Waals surface area contributed by atoms with Crippen LogP contribution in [0.25, 0.3) is 0 Å². The SMILES string of the molecule is NS(=O)(=O)c1ccc(Cl)c(C(=O)N2CCN(c3ccccc3)CC2)c1. The van der Waals surface area contributed by atoms with Crippen LogP contribution in [0.2, 0.25) is 5.02 Å². The smallest absolute Gasteiger partial charge is 0.255 e. The highest BCUT2D eigenvalue weighted by Gasteiger charge is 2.25. The summed E-state index contributed by atoms with van der Waals surface area (Å²) in [5.41, 5.74) is 1.27. The summed E-state index contributed by atoms with van der Waals surface area (Å²) in [4.78, 5) is 16.5. The van der Waals surface area contributed by atoms with Crippen molar-refractivity contribution in [2.24, 2.45) is 5.14 Å². The van der Waals surface area contributed by atoms with Crippen LogP contribution in [0.4, 0.5) is 5.69 Å². The predicted molar refractivity (Wildman–Crippen MR) is 97.4 cm³/mol. The minimum atomic E-state index is -3.89. The molecule has 1 aliphatic rings. The van der Waals surface area contributed by atoms with Gasteiger partial charge in [-0.1, -0.05) is 29.8 Å². The maximum atomic E-state index is 12.7. The van der Waals surface area contributed by atoms with Crippen LogP contribution >= 0.6 is 11.6 Å². The number of hydrogen-bond acceptors (Lipinski definition) is 4. The molecule has 0 spiro atoms. The van der Waals surface area contributed by atoms with Crippen LogP contribution in [0.15, 0.2) is 53.4 Å². The number of piperazine rings is 1. The standard InChI is InChI=1S/C17H18ClN3O3S/c18-16-7-6-14(25(19,23)24)12-15(16)17(22)21-10-8-20(9-11-21)13-4-2-1-3-5-13/h1-7,12H,8-11H2,(H2,19,23,24). The number of nitrogens with two attached hydrogens (primary N) is 1. The average molecular weight is 380 g/mol. The van der Waals surface area contributed by atoms with E-state index in [4.69, 9.17) is 16.7 Å². The minimum Gasteiger partial charge on any atom is -0.368 e. The molecule has 25 heavy (non-hydrogen) atoms. The van der Waals surface area contributed by atoms with Gasteiger partial charge in [0.1, 0.15) is 0 Å². The van der Waals surface area contributed by atoms with Crippen LogP contribution in [0, 0.1) is 0 Å². The molecule has 1 saturated heterocycles. The number of carbonyl (C=O) groups is 1. The highest BCUT2D eigenvalue weighted by atomic mass is 35.5. The number of nitrogens with zero attached hydrogens (tertiary/aromatic N) is 2. The van der Waals surface area contributed by atoms with Crippen LogP contribution in [0.5, 0.6) is 0 Å². The van der Waals surface area contributed by atoms with Crippen LogP contribution in [0.3, 0.4) is 0 Å². The molecule has 1 amide bonds. The number of benzene rings is 2. The fraction of sp³-hybridized carbons (Fsp3) is 0.235. The van der Waals surface area contributed by atoms with Crippen molar-refractivity contribution in [1.82, 2.24) is 4.90 Å². The van der Waals surface area contributed by atoms with Gasteiger partial charge in [-0.05, 0) is 30.3 Å². The van der Waals surface area contributed by atoms with Gasteiger partial charge in [-0.15, -0.1) is 0 Å². The van der Waals surface area contributed by atoms with Crippen LogP contribution in [-0.4, -0.2) is 45.4 Å². The largest absolute Gasteiger partial charge is 0.368 e. The number of anilines is 1. The predicted octanol–water partition coefficient (Wildman–Crippen LogP) is 1.95. The second kappa shape index (κ2) is 7.03. The van der Waals surface area contributed by atoms with Crippen molar-refractivity contribution in [3.05, 3.63) is 59.1 Å². The van der Waals surface area contributed by atoms with Gasteiger partial charge in [0.15, 0.2) is 0 Å². The molecular weight excluding hydrogens is 362 g/mol. The van der Waals surface area contributed by atoms with Crippen molar-refractivity contribution in [2.75, 3.05) is 31.1 Å². The highest BCUT2D eigenvalue weighted by Crippen LogP contribution is 2.23. The van der Waals surface area contributed by atoms with E-state index in [-0.39, 0.29) is 21.4 Å². The molecule has 1 aliphatic heterocycles. The molecule has 1 heterocycles. The first-order chi connectivity index (χ1) is 11.9. The fourth-order valence-electron chi connectivity index (χ4n) is 2.82. The number of carbonyl (C=O) groups excluding carboxylic acids is 1. The third kappa shape index (κ3) is 3.95. The Bertz CT molecular complexity index is 879. The van der Waals surface area contributed by atoms with Gasteiger partial charge in [0.2, 0.25) is 10.0 Å². The summed E-state index contributed by atoms with van der Waals surface area (Å²) in [5, 5.41) is 5.35. The Kier molecular flexibility index (Phi) is 4.99. The normalized spacial score (nSPS) is 15.3. The number of rotatable bonds is 3. The Hall–Kier alpha value is -2.09. The number of sulfonamides is 1. The molecule has 2 aromatic rings. The van der Waals surface area contributed by atoms with E-state index >= 15 is 0 Å². The summed E-state index contributed by atoms with van der Waals surface area (Å²) in [6.07, 6.45) is 0. The third-order valence-electron chi connectivity index (χ3n) is 4.18. The molecule has 0 atom stereocenters. The number of primary sulfonamides is 1. The third-order valence-corrected chi connectivity index (χ3v) is 5.43. The van der Waals surface area contributed by atoms with E-state index in [2.05, 4.69) is 4.90 Å². The summed E-state index contributed by atoms with van der Waals surface area (Å²) in [7, 11) is -3.89.